The Bertz CT molecular complexity index is 1210. The number of carbonyl (C=O) groups excluding carboxylic acids is 3. The second kappa shape index (κ2) is 64.4. The van der Waals surface area contributed by atoms with Crippen molar-refractivity contribution in [2.75, 3.05) is 13.2 Å². The van der Waals surface area contributed by atoms with Crippen LogP contribution in [0.1, 0.15) is 380 Å². The van der Waals surface area contributed by atoms with Crippen LogP contribution in [0.2, 0.25) is 0 Å². The van der Waals surface area contributed by atoms with E-state index in [9.17, 15) is 14.4 Å². The Balaban J connectivity index is 3.98. The maximum atomic E-state index is 12.8. The highest BCUT2D eigenvalue weighted by molar-refractivity contribution is 5.71. The lowest BCUT2D eigenvalue weighted by atomic mass is 10.0. The topological polar surface area (TPSA) is 78.9 Å². The number of ether oxygens (including phenoxy) is 3. The molecule has 0 bridgehead atoms. The maximum Gasteiger partial charge on any atom is 0.306 e. The summed E-state index contributed by atoms with van der Waals surface area (Å²) in [6, 6.07) is 0. The van der Waals surface area contributed by atoms with Crippen LogP contribution in [0.25, 0.3) is 0 Å². The molecule has 0 saturated heterocycles. The third kappa shape index (κ3) is 62.6. The van der Waals surface area contributed by atoms with Crippen LogP contribution in [0.4, 0.5) is 0 Å². The van der Waals surface area contributed by atoms with Gasteiger partial charge < -0.3 is 14.2 Å². The minimum absolute atomic E-state index is 0.0717. The first-order valence-corrected chi connectivity index (χ1v) is 33.8. The fraction of sp³-hybridized carbons (Fsp3) is 0.899. The maximum absolute atomic E-state index is 12.8. The first-order chi connectivity index (χ1) is 37.0. The summed E-state index contributed by atoms with van der Waals surface area (Å²) in [5.41, 5.74) is 0. The Morgan fingerprint density at radius 2 is 0.480 bits per heavy atom. The van der Waals surface area contributed by atoms with Crippen LogP contribution in [0.15, 0.2) is 24.3 Å². The number of hydrogen-bond acceptors (Lipinski definition) is 6. The number of carbonyl (C=O) groups is 3. The third-order valence-corrected chi connectivity index (χ3v) is 15.5. The Hall–Kier alpha value is -2.11. The normalized spacial score (nSPS) is 12.1. The van der Waals surface area contributed by atoms with E-state index in [-0.39, 0.29) is 31.1 Å². The largest absolute Gasteiger partial charge is 0.462 e. The zero-order chi connectivity index (χ0) is 54.3. The molecule has 1 unspecified atom stereocenters. The van der Waals surface area contributed by atoms with Gasteiger partial charge in [0.2, 0.25) is 0 Å². The third-order valence-electron chi connectivity index (χ3n) is 15.5. The molecule has 442 valence electrons. The van der Waals surface area contributed by atoms with Crippen LogP contribution in [0.5, 0.6) is 0 Å². The summed E-state index contributed by atoms with van der Waals surface area (Å²) < 4.78 is 16.9. The summed E-state index contributed by atoms with van der Waals surface area (Å²) in [6.45, 7) is 6.64. The summed E-state index contributed by atoms with van der Waals surface area (Å²) in [7, 11) is 0. The van der Waals surface area contributed by atoms with Crippen molar-refractivity contribution < 1.29 is 28.6 Å². The molecule has 0 aliphatic heterocycles. The molecule has 0 aromatic heterocycles. The molecule has 0 saturated carbocycles. The minimum atomic E-state index is -0.774. The van der Waals surface area contributed by atoms with Gasteiger partial charge in [0.1, 0.15) is 13.2 Å². The molecule has 0 aromatic carbocycles. The molecule has 0 aliphatic carbocycles. The molecule has 0 aromatic rings. The van der Waals surface area contributed by atoms with E-state index < -0.39 is 6.10 Å². The molecule has 0 radical (unpaired) electrons. The predicted molar refractivity (Wildman–Crippen MR) is 326 cm³/mol. The molecule has 6 nitrogen and oxygen atoms in total. The fourth-order valence-corrected chi connectivity index (χ4v) is 10.4. The van der Waals surface area contributed by atoms with Crippen LogP contribution in [0.3, 0.4) is 0 Å². The van der Waals surface area contributed by atoms with E-state index in [4.69, 9.17) is 14.2 Å². The van der Waals surface area contributed by atoms with Gasteiger partial charge >= 0.3 is 17.9 Å². The van der Waals surface area contributed by atoms with Crippen LogP contribution in [-0.2, 0) is 28.6 Å². The Morgan fingerprint density at radius 3 is 0.760 bits per heavy atom. The SMILES string of the molecule is CCCCC/C=C\C/C=C\CCCCCCCC(=O)OC(COC(=O)CCCCCCCCCCC)COC(=O)CCCCCCCCCCCCCCCCCCCCCCCCCCCCCCCCCCC. The van der Waals surface area contributed by atoms with E-state index in [1.165, 1.54) is 263 Å². The lowest BCUT2D eigenvalue weighted by Gasteiger charge is -2.18. The van der Waals surface area contributed by atoms with Gasteiger partial charge in [-0.1, -0.05) is 334 Å². The predicted octanol–water partition coefficient (Wildman–Crippen LogP) is 23.0. The minimum Gasteiger partial charge on any atom is -0.462 e. The van der Waals surface area contributed by atoms with Gasteiger partial charge in [0.15, 0.2) is 6.10 Å². The molecular weight excluding hydrogens is 925 g/mol. The van der Waals surface area contributed by atoms with Gasteiger partial charge in [-0.3, -0.25) is 14.4 Å². The monoisotopic (exact) mass is 1050 g/mol. The Morgan fingerprint density at radius 1 is 0.267 bits per heavy atom. The Kier molecular flexibility index (Phi) is 62.6. The fourth-order valence-electron chi connectivity index (χ4n) is 10.4. The van der Waals surface area contributed by atoms with Gasteiger partial charge in [-0.15, -0.1) is 0 Å². The molecule has 0 rings (SSSR count). The summed E-state index contributed by atoms with van der Waals surface area (Å²) in [5, 5.41) is 0. The van der Waals surface area contributed by atoms with Crippen molar-refractivity contribution in [1.29, 1.82) is 0 Å². The van der Waals surface area contributed by atoms with Gasteiger partial charge in [-0.05, 0) is 51.4 Å². The van der Waals surface area contributed by atoms with Gasteiger partial charge in [0.25, 0.3) is 0 Å². The number of esters is 3. The zero-order valence-electron chi connectivity index (χ0n) is 50.8. The first kappa shape index (κ1) is 72.9. The summed E-state index contributed by atoms with van der Waals surface area (Å²) in [4.78, 5) is 38.1. The highest BCUT2D eigenvalue weighted by Crippen LogP contribution is 2.19. The molecule has 6 heteroatoms. The second-order valence-corrected chi connectivity index (χ2v) is 23.1. The molecule has 0 amide bonds. The Labute approximate surface area is 468 Å². The van der Waals surface area contributed by atoms with Crippen molar-refractivity contribution in [2.45, 2.75) is 386 Å². The smallest absolute Gasteiger partial charge is 0.306 e. The molecular formula is C69H130O6. The number of allylic oxidation sites excluding steroid dienone is 4. The summed E-state index contributed by atoms with van der Waals surface area (Å²) >= 11 is 0. The van der Waals surface area contributed by atoms with Gasteiger partial charge in [-0.25, -0.2) is 0 Å². The highest BCUT2D eigenvalue weighted by Gasteiger charge is 2.19. The standard InChI is InChI=1S/C69H130O6/c1-4-7-10-13-16-19-21-23-25-26-27-28-29-30-31-32-33-34-35-36-37-38-39-40-41-42-44-45-47-50-53-56-59-62-68(71)74-65-66(64-73-67(70)61-58-55-52-49-18-15-12-9-6-3)75-69(72)63-60-57-54-51-48-46-43-24-22-20-17-14-11-8-5-2/h17,20,24,43,66H,4-16,18-19,21-23,25-42,44-65H2,1-3H3/b20-17-,43-24-. The van der Waals surface area contributed by atoms with Gasteiger partial charge in [-0.2, -0.15) is 0 Å². The molecule has 75 heavy (non-hydrogen) atoms. The van der Waals surface area contributed by atoms with Gasteiger partial charge in [0, 0.05) is 19.3 Å². The van der Waals surface area contributed by atoms with Crippen LogP contribution >= 0.6 is 0 Å². The first-order valence-electron chi connectivity index (χ1n) is 33.8. The highest BCUT2D eigenvalue weighted by atomic mass is 16.6. The quantitative estimate of drug-likeness (QED) is 0.0261. The molecule has 0 fully saturated rings. The van der Waals surface area contributed by atoms with E-state index in [0.717, 1.165) is 77.0 Å². The molecule has 0 heterocycles. The van der Waals surface area contributed by atoms with E-state index in [2.05, 4.69) is 45.1 Å². The van der Waals surface area contributed by atoms with Crippen molar-refractivity contribution in [3.63, 3.8) is 0 Å². The van der Waals surface area contributed by atoms with Crippen molar-refractivity contribution >= 4 is 17.9 Å². The zero-order valence-corrected chi connectivity index (χ0v) is 50.8. The average Bonchev–Trinajstić information content (AvgIpc) is 3.41. The number of unbranched alkanes of at least 4 members (excludes halogenated alkanes) is 48. The summed E-state index contributed by atoms with van der Waals surface area (Å²) in [6.07, 6.45) is 78.1. The average molecular weight is 1060 g/mol. The second-order valence-electron chi connectivity index (χ2n) is 23.1. The van der Waals surface area contributed by atoms with Crippen molar-refractivity contribution in [2.24, 2.45) is 0 Å². The van der Waals surface area contributed by atoms with Crippen molar-refractivity contribution in [1.82, 2.24) is 0 Å². The van der Waals surface area contributed by atoms with Crippen molar-refractivity contribution in [3.8, 4) is 0 Å². The van der Waals surface area contributed by atoms with Crippen LogP contribution in [0, 0.1) is 0 Å². The van der Waals surface area contributed by atoms with Crippen LogP contribution < -0.4 is 0 Å². The summed E-state index contributed by atoms with van der Waals surface area (Å²) in [5.74, 6) is -0.865. The van der Waals surface area contributed by atoms with E-state index in [1.54, 1.807) is 0 Å². The molecule has 0 spiro atoms. The number of hydrogen-bond donors (Lipinski definition) is 0. The van der Waals surface area contributed by atoms with E-state index in [0.29, 0.717) is 19.3 Å². The van der Waals surface area contributed by atoms with Crippen LogP contribution in [-0.4, -0.2) is 37.2 Å². The van der Waals surface area contributed by atoms with E-state index >= 15 is 0 Å². The lowest BCUT2D eigenvalue weighted by Crippen LogP contribution is -2.30. The number of rotatable bonds is 63. The molecule has 1 atom stereocenters. The van der Waals surface area contributed by atoms with Gasteiger partial charge in [0.05, 0.1) is 0 Å². The lowest BCUT2D eigenvalue weighted by molar-refractivity contribution is -0.167. The molecule has 0 aliphatic rings. The van der Waals surface area contributed by atoms with Crippen molar-refractivity contribution in [3.05, 3.63) is 24.3 Å². The molecule has 0 N–H and O–H groups in total. The van der Waals surface area contributed by atoms with E-state index in [1.807, 2.05) is 0 Å².